The van der Waals surface area contributed by atoms with Crippen molar-refractivity contribution in [3.63, 3.8) is 0 Å². The van der Waals surface area contributed by atoms with Crippen molar-refractivity contribution < 1.29 is 14.5 Å². The Kier molecular flexibility index (Phi) is 6.76. The number of amides is 1. The minimum absolute atomic E-state index is 0.0515. The standard InChI is InChI=1S/C24H19N3O4/c1-17-6-10-21(11-7-17)26-24(28)16-31-23-5-3-2-4-19(23)14-20(15-25)18-8-12-22(13-9-18)27(29)30/h2-14H,16H2,1H3,(H,26,28)/b20-14-. The number of anilines is 1. The fourth-order valence-electron chi connectivity index (χ4n) is 2.81. The highest BCUT2D eigenvalue weighted by Gasteiger charge is 2.10. The molecule has 7 heteroatoms. The number of nitriles is 1. The second-order valence-electron chi connectivity index (χ2n) is 6.71. The van der Waals surface area contributed by atoms with Crippen LogP contribution in [0, 0.1) is 28.4 Å². The lowest BCUT2D eigenvalue weighted by Gasteiger charge is -2.10. The summed E-state index contributed by atoms with van der Waals surface area (Å²) < 4.78 is 5.67. The average Bonchev–Trinajstić information content (AvgIpc) is 2.78. The Morgan fingerprint density at radius 2 is 1.77 bits per heavy atom. The van der Waals surface area contributed by atoms with E-state index in [9.17, 15) is 20.2 Å². The molecule has 0 saturated carbocycles. The number of hydrogen-bond acceptors (Lipinski definition) is 5. The summed E-state index contributed by atoms with van der Waals surface area (Å²) in [5, 5.41) is 23.1. The van der Waals surface area contributed by atoms with Gasteiger partial charge in [-0.3, -0.25) is 14.9 Å². The molecule has 0 atom stereocenters. The summed E-state index contributed by atoms with van der Waals surface area (Å²) in [6.45, 7) is 1.77. The highest BCUT2D eigenvalue weighted by molar-refractivity contribution is 5.92. The number of aryl methyl sites for hydroxylation is 1. The maximum atomic E-state index is 12.2. The van der Waals surface area contributed by atoms with Crippen LogP contribution < -0.4 is 10.1 Å². The van der Waals surface area contributed by atoms with Crippen LogP contribution >= 0.6 is 0 Å². The first-order chi connectivity index (χ1) is 15.0. The van der Waals surface area contributed by atoms with Gasteiger partial charge in [0.05, 0.1) is 16.6 Å². The molecule has 0 bridgehead atoms. The number of nitro benzene ring substituents is 1. The number of allylic oxidation sites excluding steroid dienone is 1. The summed E-state index contributed by atoms with van der Waals surface area (Å²) in [7, 11) is 0. The zero-order valence-corrected chi connectivity index (χ0v) is 16.7. The highest BCUT2D eigenvalue weighted by atomic mass is 16.6. The maximum Gasteiger partial charge on any atom is 0.269 e. The maximum absolute atomic E-state index is 12.2. The molecule has 154 valence electrons. The van der Waals surface area contributed by atoms with Crippen LogP contribution in [0.15, 0.2) is 72.8 Å². The van der Waals surface area contributed by atoms with Gasteiger partial charge in [0.25, 0.3) is 11.6 Å². The molecule has 0 fully saturated rings. The lowest BCUT2D eigenvalue weighted by atomic mass is 10.0. The second-order valence-corrected chi connectivity index (χ2v) is 6.71. The summed E-state index contributed by atoms with van der Waals surface area (Å²) in [6, 6.07) is 22.3. The molecule has 0 aliphatic rings. The summed E-state index contributed by atoms with van der Waals surface area (Å²) in [6.07, 6.45) is 1.62. The number of nitro groups is 1. The molecule has 31 heavy (non-hydrogen) atoms. The molecule has 0 aliphatic carbocycles. The van der Waals surface area contributed by atoms with Crippen molar-refractivity contribution in [1.29, 1.82) is 5.26 Å². The third kappa shape index (κ3) is 5.78. The number of carbonyl (C=O) groups is 1. The summed E-state index contributed by atoms with van der Waals surface area (Å²) in [4.78, 5) is 22.5. The van der Waals surface area contributed by atoms with Gasteiger partial charge in [-0.05, 0) is 48.9 Å². The highest BCUT2D eigenvalue weighted by Crippen LogP contribution is 2.25. The third-order valence-electron chi connectivity index (χ3n) is 4.42. The monoisotopic (exact) mass is 413 g/mol. The predicted molar refractivity (Wildman–Crippen MR) is 118 cm³/mol. The van der Waals surface area contributed by atoms with E-state index >= 15 is 0 Å². The van der Waals surface area contributed by atoms with E-state index in [-0.39, 0.29) is 18.2 Å². The second kappa shape index (κ2) is 9.85. The van der Waals surface area contributed by atoms with Crippen molar-refractivity contribution in [1.82, 2.24) is 0 Å². The molecular formula is C24H19N3O4. The van der Waals surface area contributed by atoms with Gasteiger partial charge in [-0.15, -0.1) is 0 Å². The van der Waals surface area contributed by atoms with Crippen molar-refractivity contribution in [2.24, 2.45) is 0 Å². The van der Waals surface area contributed by atoms with Crippen molar-refractivity contribution in [2.75, 3.05) is 11.9 Å². The number of para-hydroxylation sites is 1. The Balaban J connectivity index is 1.74. The predicted octanol–water partition coefficient (Wildman–Crippen LogP) is 4.98. The van der Waals surface area contributed by atoms with E-state index in [1.165, 1.54) is 24.3 Å². The number of carbonyl (C=O) groups excluding carboxylic acids is 1. The first-order valence-corrected chi connectivity index (χ1v) is 9.41. The number of nitrogens with one attached hydrogen (secondary N) is 1. The zero-order chi connectivity index (χ0) is 22.2. The summed E-state index contributed by atoms with van der Waals surface area (Å²) in [5.41, 5.74) is 3.19. The van der Waals surface area contributed by atoms with Crippen LogP contribution in [0.1, 0.15) is 16.7 Å². The fraction of sp³-hybridized carbons (Fsp3) is 0.0833. The van der Waals surface area contributed by atoms with Crippen molar-refractivity contribution >= 4 is 28.9 Å². The van der Waals surface area contributed by atoms with Crippen LogP contribution in [0.5, 0.6) is 5.75 Å². The van der Waals surface area contributed by atoms with Crippen LogP contribution in [0.4, 0.5) is 11.4 Å². The van der Waals surface area contributed by atoms with Gasteiger partial charge in [-0.25, -0.2) is 0 Å². The number of non-ortho nitro benzene ring substituents is 1. The number of hydrogen-bond donors (Lipinski definition) is 1. The Hall–Kier alpha value is -4.44. The molecule has 3 aromatic carbocycles. The van der Waals surface area contributed by atoms with E-state index in [2.05, 4.69) is 11.4 Å². The van der Waals surface area contributed by atoms with E-state index in [4.69, 9.17) is 4.74 Å². The molecule has 0 aliphatic heterocycles. The third-order valence-corrected chi connectivity index (χ3v) is 4.42. The van der Waals surface area contributed by atoms with Gasteiger partial charge in [0, 0.05) is 23.4 Å². The molecule has 1 amide bonds. The minimum atomic E-state index is -0.496. The molecule has 0 spiro atoms. The average molecular weight is 413 g/mol. The molecular weight excluding hydrogens is 394 g/mol. The van der Waals surface area contributed by atoms with Crippen LogP contribution in [0.2, 0.25) is 0 Å². The Labute approximate surface area is 179 Å². The van der Waals surface area contributed by atoms with E-state index in [1.807, 2.05) is 31.2 Å². The Morgan fingerprint density at radius 1 is 1.10 bits per heavy atom. The minimum Gasteiger partial charge on any atom is -0.483 e. The van der Waals surface area contributed by atoms with E-state index < -0.39 is 4.92 Å². The molecule has 0 heterocycles. The van der Waals surface area contributed by atoms with Crippen LogP contribution in [-0.4, -0.2) is 17.4 Å². The number of ether oxygens (including phenoxy) is 1. The molecule has 0 radical (unpaired) electrons. The molecule has 0 aromatic heterocycles. The van der Waals surface area contributed by atoms with Crippen molar-refractivity contribution in [3.05, 3.63) is 99.6 Å². The van der Waals surface area contributed by atoms with Gasteiger partial charge in [-0.1, -0.05) is 35.9 Å². The van der Waals surface area contributed by atoms with Gasteiger partial charge >= 0.3 is 0 Å². The van der Waals surface area contributed by atoms with Crippen LogP contribution in [0.3, 0.4) is 0 Å². The number of nitrogens with zero attached hydrogens (tertiary/aromatic N) is 2. The molecule has 0 unspecified atom stereocenters. The molecule has 3 aromatic rings. The zero-order valence-electron chi connectivity index (χ0n) is 16.7. The number of rotatable bonds is 7. The normalized spacial score (nSPS) is 10.8. The van der Waals surface area contributed by atoms with Gasteiger partial charge < -0.3 is 10.1 Å². The smallest absolute Gasteiger partial charge is 0.269 e. The van der Waals surface area contributed by atoms with Gasteiger partial charge in [-0.2, -0.15) is 5.26 Å². The number of benzene rings is 3. The molecule has 3 rings (SSSR count). The van der Waals surface area contributed by atoms with Crippen molar-refractivity contribution in [3.8, 4) is 11.8 Å². The van der Waals surface area contributed by atoms with Gasteiger partial charge in [0.2, 0.25) is 0 Å². The summed E-state index contributed by atoms with van der Waals surface area (Å²) >= 11 is 0. The molecule has 0 saturated heterocycles. The SMILES string of the molecule is Cc1ccc(NC(=O)COc2ccccc2/C=C(/C#N)c2ccc([N+](=O)[O-])cc2)cc1. The first kappa shape index (κ1) is 21.3. The van der Waals surface area contributed by atoms with Crippen molar-refractivity contribution in [2.45, 2.75) is 6.92 Å². The van der Waals surface area contributed by atoms with Crippen LogP contribution in [-0.2, 0) is 4.79 Å². The van der Waals surface area contributed by atoms with E-state index in [1.54, 1.807) is 30.3 Å². The van der Waals surface area contributed by atoms with E-state index in [0.29, 0.717) is 28.1 Å². The lowest BCUT2D eigenvalue weighted by molar-refractivity contribution is -0.384. The topological polar surface area (TPSA) is 105 Å². The largest absolute Gasteiger partial charge is 0.483 e. The Morgan fingerprint density at radius 3 is 2.42 bits per heavy atom. The molecule has 1 N–H and O–H groups in total. The quantitative estimate of drug-likeness (QED) is 0.254. The molecule has 7 nitrogen and oxygen atoms in total. The van der Waals surface area contributed by atoms with Gasteiger partial charge in [0.15, 0.2) is 6.61 Å². The van der Waals surface area contributed by atoms with Gasteiger partial charge in [0.1, 0.15) is 5.75 Å². The van der Waals surface area contributed by atoms with E-state index in [0.717, 1.165) is 5.56 Å². The first-order valence-electron chi connectivity index (χ1n) is 9.41. The van der Waals surface area contributed by atoms with Crippen LogP contribution in [0.25, 0.3) is 11.6 Å². The fourth-order valence-corrected chi connectivity index (χ4v) is 2.81. The summed E-state index contributed by atoms with van der Waals surface area (Å²) in [5.74, 6) is 0.134. The lowest BCUT2D eigenvalue weighted by Crippen LogP contribution is -2.20. The Bertz CT molecular complexity index is 1160.